The molecule has 0 spiro atoms. The van der Waals surface area contributed by atoms with Gasteiger partial charge in [0.25, 0.3) is 0 Å². The molecule has 4 N–H and O–H groups in total. The maximum Gasteiger partial charge on any atom is 0.244 e. The third-order valence-electron chi connectivity index (χ3n) is 3.02. The average Bonchev–Trinajstić information content (AvgIpc) is 2.46. The van der Waals surface area contributed by atoms with E-state index in [1.165, 1.54) is 12.4 Å². The summed E-state index contributed by atoms with van der Waals surface area (Å²) < 4.78 is 0. The van der Waals surface area contributed by atoms with Crippen LogP contribution in [-0.2, 0) is 14.4 Å². The van der Waals surface area contributed by atoms with E-state index in [1.807, 2.05) is 13.8 Å². The van der Waals surface area contributed by atoms with E-state index in [0.29, 0.717) is 18.8 Å². The van der Waals surface area contributed by atoms with Gasteiger partial charge in [-0.25, -0.2) is 11.0 Å². The summed E-state index contributed by atoms with van der Waals surface area (Å²) in [6, 6.07) is 0. The molecule has 2 amide bonds. The van der Waals surface area contributed by atoms with E-state index < -0.39 is 5.91 Å². The zero-order chi connectivity index (χ0) is 17.5. The number of hydroxylamine groups is 2. The lowest BCUT2D eigenvalue weighted by Gasteiger charge is -2.14. The molecule has 0 saturated heterocycles. The number of unbranched alkanes of at least 4 members (excludes halogenated alkanes) is 2. The molecule has 0 aliphatic heterocycles. The number of hydrogen-bond acceptors (Lipinski definition) is 5. The minimum atomic E-state index is -0.499. The van der Waals surface area contributed by atoms with Crippen molar-refractivity contribution in [3.8, 4) is 0 Å². The number of hydrogen-bond donors (Lipinski definition) is 4. The van der Waals surface area contributed by atoms with Gasteiger partial charge in [0.1, 0.15) is 5.78 Å². The Kier molecular flexibility index (Phi) is 15.0. The van der Waals surface area contributed by atoms with Crippen LogP contribution in [0, 0.1) is 11.8 Å². The number of carbonyl (C=O) groups is 3. The zero-order valence-electron chi connectivity index (χ0n) is 14.0. The van der Waals surface area contributed by atoms with Gasteiger partial charge in [-0.05, 0) is 25.7 Å². The number of nitrogens with one attached hydrogen (secondary N) is 2. The highest BCUT2D eigenvalue weighted by molar-refractivity contribution is 5.85. The van der Waals surface area contributed by atoms with Crippen LogP contribution in [0.4, 0.5) is 0 Å². The Labute approximate surface area is 132 Å². The quantitative estimate of drug-likeness (QED) is 0.295. The Hall–Kier alpha value is -1.47. The summed E-state index contributed by atoms with van der Waals surface area (Å²) >= 11 is 0. The van der Waals surface area contributed by atoms with Crippen molar-refractivity contribution in [2.75, 3.05) is 0 Å². The normalized spacial score (nSPS) is 11.2. The van der Waals surface area contributed by atoms with Crippen LogP contribution in [0.5, 0.6) is 0 Å². The van der Waals surface area contributed by atoms with Crippen molar-refractivity contribution in [2.45, 2.75) is 66.2 Å². The lowest BCUT2D eigenvalue weighted by Crippen LogP contribution is -2.25. The first-order chi connectivity index (χ1) is 10.3. The molecule has 0 bridgehead atoms. The lowest BCUT2D eigenvalue weighted by molar-refractivity contribution is -0.133. The van der Waals surface area contributed by atoms with Crippen LogP contribution in [0.3, 0.4) is 0 Å². The standard InChI is InChI=1S/C9H17NO3.C6H13NO2/c1-6(2)4-8(7(3)11)5-9(12)10-13;1-2-3-4-5-6(8)7-9/h6,8,13H,4-5H2,1-3H3,(H,10,12);9H,2-5H2,1H3,(H,7,8). The van der Waals surface area contributed by atoms with Crippen LogP contribution in [0.25, 0.3) is 0 Å². The molecule has 0 saturated carbocycles. The zero-order valence-corrected chi connectivity index (χ0v) is 14.0. The third kappa shape index (κ3) is 14.9. The van der Waals surface area contributed by atoms with Crippen LogP contribution >= 0.6 is 0 Å². The molecule has 0 aromatic rings. The van der Waals surface area contributed by atoms with E-state index in [2.05, 4.69) is 6.92 Å². The van der Waals surface area contributed by atoms with Gasteiger partial charge >= 0.3 is 0 Å². The van der Waals surface area contributed by atoms with E-state index in [9.17, 15) is 14.4 Å². The average molecular weight is 318 g/mol. The molecule has 0 aromatic heterocycles. The van der Waals surface area contributed by atoms with Gasteiger partial charge < -0.3 is 0 Å². The molecule has 0 aliphatic rings. The first-order valence-corrected chi connectivity index (χ1v) is 7.64. The van der Waals surface area contributed by atoms with Crippen LogP contribution < -0.4 is 11.0 Å². The van der Waals surface area contributed by atoms with Gasteiger partial charge in [-0.3, -0.25) is 24.8 Å². The van der Waals surface area contributed by atoms with Crippen molar-refractivity contribution >= 4 is 17.6 Å². The molecule has 1 atom stereocenters. The number of carbonyl (C=O) groups excluding carboxylic acids is 3. The summed E-state index contributed by atoms with van der Waals surface area (Å²) in [4.78, 5) is 32.2. The highest BCUT2D eigenvalue weighted by Crippen LogP contribution is 2.16. The van der Waals surface area contributed by atoms with Crippen molar-refractivity contribution in [1.29, 1.82) is 0 Å². The second-order valence-corrected chi connectivity index (χ2v) is 5.67. The number of amides is 2. The second kappa shape index (κ2) is 14.5. The summed E-state index contributed by atoms with van der Waals surface area (Å²) in [5, 5.41) is 16.3. The minimum Gasteiger partial charge on any atom is -0.300 e. The molecule has 7 nitrogen and oxygen atoms in total. The number of rotatable bonds is 9. The number of ketones is 1. The molecule has 0 radical (unpaired) electrons. The van der Waals surface area contributed by atoms with Crippen LogP contribution in [0.15, 0.2) is 0 Å². The molecule has 1 unspecified atom stereocenters. The van der Waals surface area contributed by atoms with Gasteiger partial charge in [-0.2, -0.15) is 0 Å². The van der Waals surface area contributed by atoms with E-state index >= 15 is 0 Å². The Bertz CT molecular complexity index is 332. The van der Waals surface area contributed by atoms with Crippen molar-refractivity contribution in [3.05, 3.63) is 0 Å². The maximum absolute atomic E-state index is 11.1. The van der Waals surface area contributed by atoms with Gasteiger partial charge in [0, 0.05) is 18.8 Å². The molecular formula is C15H30N2O5. The van der Waals surface area contributed by atoms with E-state index in [-0.39, 0.29) is 24.0 Å². The molecule has 0 heterocycles. The fraction of sp³-hybridized carbons (Fsp3) is 0.800. The van der Waals surface area contributed by atoms with Gasteiger partial charge in [-0.15, -0.1) is 0 Å². The first-order valence-electron chi connectivity index (χ1n) is 7.64. The highest BCUT2D eigenvalue weighted by Gasteiger charge is 2.19. The van der Waals surface area contributed by atoms with Crippen molar-refractivity contribution < 1.29 is 24.8 Å². The predicted octanol–water partition coefficient (Wildman–Crippen LogP) is 2.21. The molecule has 0 aromatic carbocycles. The Morgan fingerprint density at radius 2 is 1.55 bits per heavy atom. The van der Waals surface area contributed by atoms with Crippen molar-refractivity contribution in [3.63, 3.8) is 0 Å². The molecule has 0 fully saturated rings. The first kappa shape index (κ1) is 22.8. The van der Waals surface area contributed by atoms with Crippen LogP contribution in [-0.4, -0.2) is 28.0 Å². The highest BCUT2D eigenvalue weighted by atomic mass is 16.5. The summed E-state index contributed by atoms with van der Waals surface area (Å²) in [7, 11) is 0. The Morgan fingerprint density at radius 1 is 1.00 bits per heavy atom. The number of Topliss-reactive ketones (excluding diaryl/α,β-unsaturated/α-hetero) is 1. The van der Waals surface area contributed by atoms with Gasteiger partial charge in [0.2, 0.25) is 11.8 Å². The summed E-state index contributed by atoms with van der Waals surface area (Å²) in [6.07, 6.45) is 4.20. The smallest absolute Gasteiger partial charge is 0.244 e. The Balaban J connectivity index is 0. The van der Waals surface area contributed by atoms with Gasteiger partial charge in [0.15, 0.2) is 0 Å². The summed E-state index contributed by atoms with van der Waals surface area (Å²) in [6.45, 7) is 7.52. The SMILES string of the molecule is CC(=O)C(CC(=O)NO)CC(C)C.CCCCCC(=O)NO. The summed E-state index contributed by atoms with van der Waals surface area (Å²) in [5.41, 5.74) is 3.12. The van der Waals surface area contributed by atoms with Gasteiger partial charge in [-0.1, -0.05) is 33.6 Å². The predicted molar refractivity (Wildman–Crippen MR) is 82.2 cm³/mol. The van der Waals surface area contributed by atoms with E-state index in [0.717, 1.165) is 19.3 Å². The minimum absolute atomic E-state index is 0.00250. The largest absolute Gasteiger partial charge is 0.300 e. The van der Waals surface area contributed by atoms with Crippen LogP contribution in [0.1, 0.15) is 66.2 Å². The van der Waals surface area contributed by atoms with E-state index in [1.54, 1.807) is 5.48 Å². The van der Waals surface area contributed by atoms with E-state index in [4.69, 9.17) is 10.4 Å². The Morgan fingerprint density at radius 3 is 1.91 bits per heavy atom. The van der Waals surface area contributed by atoms with Crippen molar-refractivity contribution in [1.82, 2.24) is 11.0 Å². The summed E-state index contributed by atoms with van der Waals surface area (Å²) in [5.74, 6) is -0.686. The fourth-order valence-corrected chi connectivity index (χ4v) is 1.82. The molecular weight excluding hydrogens is 288 g/mol. The molecule has 0 aliphatic carbocycles. The van der Waals surface area contributed by atoms with Crippen molar-refractivity contribution in [2.24, 2.45) is 11.8 Å². The monoisotopic (exact) mass is 318 g/mol. The second-order valence-electron chi connectivity index (χ2n) is 5.67. The molecule has 0 rings (SSSR count). The molecule has 130 valence electrons. The fourth-order valence-electron chi connectivity index (χ4n) is 1.82. The van der Waals surface area contributed by atoms with Gasteiger partial charge in [0.05, 0.1) is 0 Å². The maximum atomic E-state index is 11.1. The lowest BCUT2D eigenvalue weighted by atomic mass is 9.91. The third-order valence-corrected chi connectivity index (χ3v) is 3.02. The van der Waals surface area contributed by atoms with Crippen LogP contribution in [0.2, 0.25) is 0 Å². The molecule has 22 heavy (non-hydrogen) atoms. The topological polar surface area (TPSA) is 116 Å². The molecule has 7 heteroatoms.